The molecule has 0 aromatic heterocycles. The van der Waals surface area contributed by atoms with Gasteiger partial charge in [-0.2, -0.15) is 0 Å². The largest absolute Gasteiger partial charge is 0.340 e. The van der Waals surface area contributed by atoms with Crippen LogP contribution in [0, 0.1) is 5.41 Å². The molecule has 1 heterocycles. The van der Waals surface area contributed by atoms with Crippen molar-refractivity contribution in [2.24, 2.45) is 5.41 Å². The third-order valence-corrected chi connectivity index (χ3v) is 2.34. The van der Waals surface area contributed by atoms with Gasteiger partial charge in [0.25, 0.3) is 11.8 Å². The van der Waals surface area contributed by atoms with Gasteiger partial charge in [-0.3, -0.25) is 14.4 Å². The van der Waals surface area contributed by atoms with Gasteiger partial charge in [-0.25, -0.2) is 4.79 Å². The molecule has 0 spiro atoms. The molecule has 0 aliphatic carbocycles. The first-order valence-corrected chi connectivity index (χ1v) is 5.31. The fourth-order valence-corrected chi connectivity index (χ4v) is 1.19. The van der Waals surface area contributed by atoms with Crippen molar-refractivity contribution in [2.75, 3.05) is 0 Å². The molecule has 0 aromatic carbocycles. The summed E-state index contributed by atoms with van der Waals surface area (Å²) < 4.78 is 0. The van der Waals surface area contributed by atoms with Crippen LogP contribution in [0.15, 0.2) is 0 Å². The fourth-order valence-electron chi connectivity index (χ4n) is 1.19. The summed E-state index contributed by atoms with van der Waals surface area (Å²) in [6.45, 7) is 5.03. The minimum Gasteiger partial charge on any atom is -0.330 e. The van der Waals surface area contributed by atoms with Crippen LogP contribution in [0.3, 0.4) is 0 Å². The first-order valence-electron chi connectivity index (χ1n) is 5.31. The van der Waals surface area contributed by atoms with Crippen LogP contribution >= 0.6 is 0 Å². The lowest BCUT2D eigenvalue weighted by molar-refractivity contribution is -0.197. The van der Waals surface area contributed by atoms with Gasteiger partial charge in [0.2, 0.25) is 0 Å². The van der Waals surface area contributed by atoms with Gasteiger partial charge >= 0.3 is 5.97 Å². The van der Waals surface area contributed by atoms with Crippen LogP contribution in [0.25, 0.3) is 0 Å². The predicted molar refractivity (Wildman–Crippen MR) is 56.3 cm³/mol. The normalized spacial score (nSPS) is 16.3. The lowest BCUT2D eigenvalue weighted by atomic mass is 9.89. The second kappa shape index (κ2) is 4.65. The monoisotopic (exact) mass is 241 g/mol. The molecule has 0 unspecified atom stereocenters. The second-order valence-corrected chi connectivity index (χ2v) is 4.90. The highest BCUT2D eigenvalue weighted by molar-refractivity contribution is 6.03. The lowest BCUT2D eigenvalue weighted by Crippen LogP contribution is -2.34. The molecule has 0 bridgehead atoms. The number of rotatable bonds is 3. The predicted octanol–water partition coefficient (Wildman–Crippen LogP) is 0.599. The van der Waals surface area contributed by atoms with Crippen LogP contribution in [-0.2, 0) is 24.0 Å². The van der Waals surface area contributed by atoms with E-state index >= 15 is 0 Å². The summed E-state index contributed by atoms with van der Waals surface area (Å²) in [4.78, 5) is 49.7. The Morgan fingerprint density at radius 3 is 2.06 bits per heavy atom. The van der Waals surface area contributed by atoms with Crippen molar-refractivity contribution in [1.29, 1.82) is 0 Å². The van der Waals surface area contributed by atoms with Gasteiger partial charge in [-0.05, 0) is 0 Å². The van der Waals surface area contributed by atoms with E-state index in [0.717, 1.165) is 0 Å². The molecule has 0 saturated carbocycles. The highest BCUT2D eigenvalue weighted by atomic mass is 16.7. The number of ketones is 1. The zero-order valence-electron chi connectivity index (χ0n) is 10.1. The van der Waals surface area contributed by atoms with Gasteiger partial charge in [0.15, 0.2) is 0 Å². The molecule has 0 atom stereocenters. The molecule has 94 valence electrons. The van der Waals surface area contributed by atoms with E-state index < -0.39 is 29.6 Å². The van der Waals surface area contributed by atoms with Gasteiger partial charge in [0, 0.05) is 18.3 Å². The van der Waals surface area contributed by atoms with Crippen LogP contribution in [0.1, 0.15) is 40.0 Å². The van der Waals surface area contributed by atoms with Crippen molar-refractivity contribution in [2.45, 2.75) is 40.0 Å². The topological polar surface area (TPSA) is 80.8 Å². The number of amides is 2. The van der Waals surface area contributed by atoms with Crippen molar-refractivity contribution >= 4 is 23.6 Å². The highest BCUT2D eigenvalue weighted by Gasteiger charge is 2.34. The van der Waals surface area contributed by atoms with Gasteiger partial charge < -0.3 is 4.84 Å². The minimum absolute atomic E-state index is 0.0410. The molecule has 2 amide bonds. The molecule has 0 radical (unpaired) electrons. The summed E-state index contributed by atoms with van der Waals surface area (Å²) in [5.41, 5.74) is -0.655. The van der Waals surface area contributed by atoms with Crippen LogP contribution < -0.4 is 0 Å². The summed E-state index contributed by atoms with van der Waals surface area (Å²) >= 11 is 0. The number of Topliss-reactive ketones (excluding diaryl/α,β-unsaturated/α-hetero) is 1. The third kappa shape index (κ3) is 3.37. The molecule has 1 aliphatic rings. The number of carbonyl (C=O) groups excluding carboxylic acids is 4. The maximum Gasteiger partial charge on any atom is 0.340 e. The first-order chi connectivity index (χ1) is 7.71. The van der Waals surface area contributed by atoms with Crippen LogP contribution in [0.4, 0.5) is 0 Å². The molecular formula is C11H15NO5. The number of nitrogens with zero attached hydrogens (tertiary/aromatic N) is 1. The molecular weight excluding hydrogens is 226 g/mol. The minimum atomic E-state index is -0.881. The van der Waals surface area contributed by atoms with E-state index in [1.807, 2.05) is 0 Å². The summed E-state index contributed by atoms with van der Waals surface area (Å²) in [7, 11) is 0. The quantitative estimate of drug-likeness (QED) is 0.534. The Hall–Kier alpha value is -1.72. The van der Waals surface area contributed by atoms with Gasteiger partial charge in [0.1, 0.15) is 12.2 Å². The van der Waals surface area contributed by atoms with Crippen molar-refractivity contribution in [3.8, 4) is 0 Å². The van der Waals surface area contributed by atoms with Gasteiger partial charge in [-0.1, -0.05) is 20.8 Å². The van der Waals surface area contributed by atoms with Crippen molar-refractivity contribution in [3.05, 3.63) is 0 Å². The summed E-state index contributed by atoms with van der Waals surface area (Å²) in [6, 6.07) is 0. The van der Waals surface area contributed by atoms with Crippen LogP contribution in [-0.4, -0.2) is 28.6 Å². The Morgan fingerprint density at radius 1 is 1.18 bits per heavy atom. The van der Waals surface area contributed by atoms with Gasteiger partial charge in [-0.15, -0.1) is 5.06 Å². The molecule has 1 rings (SSSR count). The number of hydrogen-bond acceptors (Lipinski definition) is 5. The van der Waals surface area contributed by atoms with E-state index in [0.29, 0.717) is 5.06 Å². The van der Waals surface area contributed by atoms with Crippen LogP contribution in [0.5, 0.6) is 0 Å². The third-order valence-electron chi connectivity index (χ3n) is 2.34. The summed E-state index contributed by atoms with van der Waals surface area (Å²) in [6.07, 6.45) is -0.362. The van der Waals surface area contributed by atoms with Crippen LogP contribution in [0.2, 0.25) is 0 Å². The Kier molecular flexibility index (Phi) is 3.65. The van der Waals surface area contributed by atoms with Gasteiger partial charge in [0.05, 0.1) is 0 Å². The summed E-state index contributed by atoms with van der Waals surface area (Å²) in [5, 5.41) is 0.443. The Balaban J connectivity index is 2.53. The molecule has 1 aliphatic heterocycles. The number of carbonyl (C=O) groups is 4. The van der Waals surface area contributed by atoms with Crippen molar-refractivity contribution in [1.82, 2.24) is 5.06 Å². The summed E-state index contributed by atoms with van der Waals surface area (Å²) in [5.74, 6) is -2.28. The molecule has 1 saturated heterocycles. The molecule has 6 heteroatoms. The molecule has 0 N–H and O–H groups in total. The van der Waals surface area contributed by atoms with E-state index in [1.54, 1.807) is 20.8 Å². The Labute approximate surface area is 98.9 Å². The van der Waals surface area contributed by atoms with E-state index in [1.165, 1.54) is 0 Å². The van der Waals surface area contributed by atoms with Crippen molar-refractivity contribution in [3.63, 3.8) is 0 Å². The van der Waals surface area contributed by atoms with E-state index in [9.17, 15) is 19.2 Å². The zero-order valence-corrected chi connectivity index (χ0v) is 10.1. The van der Waals surface area contributed by atoms with E-state index in [2.05, 4.69) is 4.84 Å². The second-order valence-electron chi connectivity index (χ2n) is 4.90. The molecule has 0 aromatic rings. The number of hydroxylamine groups is 2. The molecule has 6 nitrogen and oxygen atoms in total. The SMILES string of the molecule is CC(C)(C)C(=O)CC(=O)ON1C(=O)CCC1=O. The molecule has 17 heavy (non-hydrogen) atoms. The Bertz CT molecular complexity index is 364. The standard InChI is InChI=1S/C11H15NO5/c1-11(2,3)7(13)6-10(16)17-12-8(14)4-5-9(12)15/h4-6H2,1-3H3. The zero-order chi connectivity index (χ0) is 13.2. The maximum absolute atomic E-state index is 11.5. The number of hydrogen-bond donors (Lipinski definition) is 0. The molecule has 1 fully saturated rings. The smallest absolute Gasteiger partial charge is 0.330 e. The maximum atomic E-state index is 11.5. The van der Waals surface area contributed by atoms with E-state index in [-0.39, 0.29) is 18.6 Å². The highest BCUT2D eigenvalue weighted by Crippen LogP contribution is 2.18. The number of imide groups is 1. The average molecular weight is 241 g/mol. The van der Waals surface area contributed by atoms with E-state index in [4.69, 9.17) is 0 Å². The van der Waals surface area contributed by atoms with Crippen molar-refractivity contribution < 1.29 is 24.0 Å². The Morgan fingerprint density at radius 2 is 1.65 bits per heavy atom. The lowest BCUT2D eigenvalue weighted by Gasteiger charge is -2.17. The first kappa shape index (κ1) is 13.3. The average Bonchev–Trinajstić information content (AvgIpc) is 2.48. The fraction of sp³-hybridized carbons (Fsp3) is 0.636.